The second-order valence-corrected chi connectivity index (χ2v) is 5.82. The van der Waals surface area contributed by atoms with E-state index in [0.29, 0.717) is 13.0 Å². The SMILES string of the molecule is CC(CC(=O)Nc1ccc(Br)cc1)NCc1cccnc1. The summed E-state index contributed by atoms with van der Waals surface area (Å²) in [4.78, 5) is 16.0. The van der Waals surface area contributed by atoms with E-state index >= 15 is 0 Å². The van der Waals surface area contributed by atoms with Crippen molar-refractivity contribution in [3.05, 3.63) is 58.8 Å². The first-order valence-corrected chi connectivity index (χ1v) is 7.60. The maximum atomic E-state index is 11.9. The molecule has 1 amide bonds. The summed E-state index contributed by atoms with van der Waals surface area (Å²) in [5.74, 6) is 0.00325. The van der Waals surface area contributed by atoms with Gasteiger partial charge in [0.05, 0.1) is 0 Å². The number of halogens is 1. The number of nitrogens with one attached hydrogen (secondary N) is 2. The average Bonchev–Trinajstić information content (AvgIpc) is 2.48. The predicted molar refractivity (Wildman–Crippen MR) is 87.9 cm³/mol. The van der Waals surface area contributed by atoms with E-state index in [0.717, 1.165) is 15.7 Å². The molecule has 0 fully saturated rings. The Hall–Kier alpha value is -1.72. The van der Waals surface area contributed by atoms with Gasteiger partial charge in [0.1, 0.15) is 0 Å². The summed E-state index contributed by atoms with van der Waals surface area (Å²) in [6, 6.07) is 11.6. The van der Waals surface area contributed by atoms with Crippen LogP contribution in [-0.4, -0.2) is 16.9 Å². The molecule has 1 aromatic heterocycles. The van der Waals surface area contributed by atoms with E-state index in [1.807, 2.05) is 49.5 Å². The summed E-state index contributed by atoms with van der Waals surface area (Å²) in [6.45, 7) is 2.71. The summed E-state index contributed by atoms with van der Waals surface area (Å²) < 4.78 is 0.993. The van der Waals surface area contributed by atoms with E-state index < -0.39 is 0 Å². The van der Waals surface area contributed by atoms with Crippen molar-refractivity contribution in [2.24, 2.45) is 0 Å². The number of hydrogen-bond acceptors (Lipinski definition) is 3. The Morgan fingerprint density at radius 3 is 2.71 bits per heavy atom. The molecule has 0 spiro atoms. The molecule has 1 atom stereocenters. The first-order chi connectivity index (χ1) is 10.1. The zero-order valence-corrected chi connectivity index (χ0v) is 13.4. The van der Waals surface area contributed by atoms with Crippen LogP contribution in [0, 0.1) is 0 Å². The molecule has 1 unspecified atom stereocenters. The van der Waals surface area contributed by atoms with E-state index in [9.17, 15) is 4.79 Å². The van der Waals surface area contributed by atoms with E-state index in [2.05, 4.69) is 31.5 Å². The van der Waals surface area contributed by atoms with E-state index in [1.54, 1.807) is 6.20 Å². The second kappa shape index (κ2) is 7.90. The summed E-state index contributed by atoms with van der Waals surface area (Å²) in [7, 11) is 0. The highest BCUT2D eigenvalue weighted by atomic mass is 79.9. The lowest BCUT2D eigenvalue weighted by atomic mass is 10.2. The van der Waals surface area contributed by atoms with Gasteiger partial charge in [-0.1, -0.05) is 22.0 Å². The lowest BCUT2D eigenvalue weighted by Crippen LogP contribution is -2.30. The molecule has 2 aromatic rings. The number of carbonyl (C=O) groups excluding carboxylic acids is 1. The number of amides is 1. The van der Waals surface area contributed by atoms with Gasteiger partial charge >= 0.3 is 0 Å². The molecular formula is C16H18BrN3O. The Balaban J connectivity index is 1.75. The quantitative estimate of drug-likeness (QED) is 0.842. The number of anilines is 1. The molecule has 0 saturated heterocycles. The standard InChI is InChI=1S/C16H18BrN3O/c1-12(19-11-13-3-2-8-18-10-13)9-16(21)20-15-6-4-14(17)5-7-15/h2-8,10,12,19H,9,11H2,1H3,(H,20,21). The largest absolute Gasteiger partial charge is 0.326 e. The third kappa shape index (κ3) is 5.65. The maximum Gasteiger partial charge on any atom is 0.225 e. The normalized spacial score (nSPS) is 11.9. The van der Waals surface area contributed by atoms with Gasteiger partial charge in [-0.2, -0.15) is 0 Å². The van der Waals surface area contributed by atoms with Crippen LogP contribution >= 0.6 is 15.9 Å². The number of carbonyl (C=O) groups is 1. The Bertz CT molecular complexity index is 572. The smallest absolute Gasteiger partial charge is 0.225 e. The molecule has 5 heteroatoms. The Kier molecular flexibility index (Phi) is 5.90. The minimum atomic E-state index is 0.00325. The third-order valence-corrected chi connectivity index (χ3v) is 3.53. The molecule has 2 N–H and O–H groups in total. The fraction of sp³-hybridized carbons (Fsp3) is 0.250. The minimum absolute atomic E-state index is 0.00325. The topological polar surface area (TPSA) is 54.0 Å². The monoisotopic (exact) mass is 347 g/mol. The summed E-state index contributed by atoms with van der Waals surface area (Å²) >= 11 is 3.37. The van der Waals surface area contributed by atoms with Gasteiger partial charge in [-0.15, -0.1) is 0 Å². The second-order valence-electron chi connectivity index (χ2n) is 4.90. The summed E-state index contributed by atoms with van der Waals surface area (Å²) in [5.41, 5.74) is 1.92. The molecule has 2 rings (SSSR count). The van der Waals surface area contributed by atoms with Crippen LogP contribution in [0.25, 0.3) is 0 Å². The fourth-order valence-corrected chi connectivity index (χ4v) is 2.15. The van der Waals surface area contributed by atoms with Crippen LogP contribution in [0.2, 0.25) is 0 Å². The highest BCUT2D eigenvalue weighted by Crippen LogP contribution is 2.14. The van der Waals surface area contributed by atoms with Crippen molar-refractivity contribution in [2.45, 2.75) is 25.9 Å². The Labute approximate surface area is 133 Å². The molecule has 0 bridgehead atoms. The third-order valence-electron chi connectivity index (χ3n) is 3.00. The highest BCUT2D eigenvalue weighted by molar-refractivity contribution is 9.10. The maximum absolute atomic E-state index is 11.9. The number of rotatable bonds is 6. The molecule has 0 saturated carbocycles. The van der Waals surface area contributed by atoms with Crippen molar-refractivity contribution < 1.29 is 4.79 Å². The van der Waals surface area contributed by atoms with Crippen molar-refractivity contribution in [2.75, 3.05) is 5.32 Å². The van der Waals surface area contributed by atoms with E-state index in [-0.39, 0.29) is 11.9 Å². The first-order valence-electron chi connectivity index (χ1n) is 6.81. The summed E-state index contributed by atoms with van der Waals surface area (Å²) in [5, 5.41) is 6.20. The van der Waals surface area contributed by atoms with E-state index in [4.69, 9.17) is 0 Å². The van der Waals surface area contributed by atoms with Crippen LogP contribution < -0.4 is 10.6 Å². The summed E-state index contributed by atoms with van der Waals surface area (Å²) in [6.07, 6.45) is 4.00. The van der Waals surface area contributed by atoms with Crippen molar-refractivity contribution in [3.63, 3.8) is 0 Å². The number of aromatic nitrogens is 1. The van der Waals surface area contributed by atoms with Gasteiger partial charge in [0.2, 0.25) is 5.91 Å². The van der Waals surface area contributed by atoms with Crippen LogP contribution in [0.3, 0.4) is 0 Å². The van der Waals surface area contributed by atoms with Crippen LogP contribution in [0.5, 0.6) is 0 Å². The van der Waals surface area contributed by atoms with Gasteiger partial charge in [-0.25, -0.2) is 0 Å². The Morgan fingerprint density at radius 2 is 2.05 bits per heavy atom. The van der Waals surface area contributed by atoms with Crippen molar-refractivity contribution in [1.82, 2.24) is 10.3 Å². The van der Waals surface area contributed by atoms with Crippen LogP contribution in [0.1, 0.15) is 18.9 Å². The van der Waals surface area contributed by atoms with Crippen molar-refractivity contribution >= 4 is 27.5 Å². The Morgan fingerprint density at radius 1 is 1.29 bits per heavy atom. The average molecular weight is 348 g/mol. The molecule has 0 aliphatic carbocycles. The lowest BCUT2D eigenvalue weighted by Gasteiger charge is -2.13. The van der Waals surface area contributed by atoms with Gasteiger partial charge in [0, 0.05) is 41.6 Å². The lowest BCUT2D eigenvalue weighted by molar-refractivity contribution is -0.116. The predicted octanol–water partition coefficient (Wildman–Crippen LogP) is 3.35. The van der Waals surface area contributed by atoms with Crippen LogP contribution in [-0.2, 0) is 11.3 Å². The molecule has 1 aromatic carbocycles. The minimum Gasteiger partial charge on any atom is -0.326 e. The molecule has 21 heavy (non-hydrogen) atoms. The van der Waals surface area contributed by atoms with Gasteiger partial charge in [-0.3, -0.25) is 9.78 Å². The number of pyridine rings is 1. The fourth-order valence-electron chi connectivity index (χ4n) is 1.89. The van der Waals surface area contributed by atoms with Gasteiger partial charge in [0.25, 0.3) is 0 Å². The van der Waals surface area contributed by atoms with Gasteiger partial charge in [0.15, 0.2) is 0 Å². The molecule has 110 valence electrons. The zero-order chi connectivity index (χ0) is 15.1. The number of nitrogens with zero attached hydrogens (tertiary/aromatic N) is 1. The first kappa shape index (κ1) is 15.7. The van der Waals surface area contributed by atoms with Crippen molar-refractivity contribution in [3.8, 4) is 0 Å². The highest BCUT2D eigenvalue weighted by Gasteiger charge is 2.09. The molecule has 1 heterocycles. The van der Waals surface area contributed by atoms with Crippen LogP contribution in [0.4, 0.5) is 5.69 Å². The van der Waals surface area contributed by atoms with Gasteiger partial charge < -0.3 is 10.6 Å². The molecular weight excluding hydrogens is 330 g/mol. The number of hydrogen-bond donors (Lipinski definition) is 2. The molecule has 0 radical (unpaired) electrons. The van der Waals surface area contributed by atoms with Gasteiger partial charge in [-0.05, 0) is 42.8 Å². The number of benzene rings is 1. The van der Waals surface area contributed by atoms with Crippen LogP contribution in [0.15, 0.2) is 53.3 Å². The molecule has 0 aliphatic rings. The zero-order valence-electron chi connectivity index (χ0n) is 11.8. The van der Waals surface area contributed by atoms with E-state index in [1.165, 1.54) is 0 Å². The van der Waals surface area contributed by atoms with Crippen molar-refractivity contribution in [1.29, 1.82) is 0 Å². The molecule has 4 nitrogen and oxygen atoms in total. The molecule has 0 aliphatic heterocycles.